The van der Waals surface area contributed by atoms with E-state index in [-0.39, 0.29) is 18.6 Å². The molecule has 0 bridgehead atoms. The van der Waals surface area contributed by atoms with Crippen molar-refractivity contribution >= 4 is 5.91 Å². The van der Waals surface area contributed by atoms with Gasteiger partial charge in [-0.2, -0.15) is 0 Å². The van der Waals surface area contributed by atoms with Gasteiger partial charge in [-0.05, 0) is 12.8 Å². The molecule has 1 atom stereocenters. The molecule has 1 aliphatic rings. The number of hydrogen-bond donors (Lipinski definition) is 2. The first kappa shape index (κ1) is 8.49. The van der Waals surface area contributed by atoms with E-state index >= 15 is 0 Å². The molecule has 11 heavy (non-hydrogen) atoms. The Morgan fingerprint density at radius 3 is 3.09 bits per heavy atom. The molecule has 1 saturated heterocycles. The van der Waals surface area contributed by atoms with Gasteiger partial charge in [-0.3, -0.25) is 4.79 Å². The highest BCUT2D eigenvalue weighted by Gasteiger charge is 2.22. The summed E-state index contributed by atoms with van der Waals surface area (Å²) in [6.07, 6.45) is 1.48. The molecule has 0 radical (unpaired) electrons. The molecule has 1 fully saturated rings. The Balaban J connectivity index is 2.17. The second kappa shape index (κ2) is 4.31. The minimum Gasteiger partial charge on any atom is -0.395 e. The van der Waals surface area contributed by atoms with Crippen molar-refractivity contribution in [3.8, 4) is 0 Å². The maximum absolute atomic E-state index is 11.1. The Hall–Kier alpha value is -0.610. The fourth-order valence-corrected chi connectivity index (χ4v) is 1.08. The van der Waals surface area contributed by atoms with Gasteiger partial charge in [0, 0.05) is 13.2 Å². The molecule has 0 aromatic carbocycles. The maximum atomic E-state index is 11.1. The van der Waals surface area contributed by atoms with Crippen LogP contribution in [0.25, 0.3) is 0 Å². The molecule has 0 aromatic rings. The maximum Gasteiger partial charge on any atom is 0.249 e. The van der Waals surface area contributed by atoms with Crippen LogP contribution in [-0.2, 0) is 9.53 Å². The van der Waals surface area contributed by atoms with Crippen molar-refractivity contribution in [3.63, 3.8) is 0 Å². The van der Waals surface area contributed by atoms with Gasteiger partial charge in [0.2, 0.25) is 5.91 Å². The zero-order valence-electron chi connectivity index (χ0n) is 6.38. The van der Waals surface area contributed by atoms with Crippen molar-refractivity contribution in [1.82, 2.24) is 5.32 Å². The first-order chi connectivity index (χ1) is 5.34. The van der Waals surface area contributed by atoms with E-state index in [1.807, 2.05) is 0 Å². The van der Waals surface area contributed by atoms with Crippen LogP contribution >= 0.6 is 0 Å². The summed E-state index contributed by atoms with van der Waals surface area (Å²) in [7, 11) is 0. The van der Waals surface area contributed by atoms with E-state index in [0.29, 0.717) is 13.2 Å². The van der Waals surface area contributed by atoms with Crippen LogP contribution in [0.2, 0.25) is 0 Å². The van der Waals surface area contributed by atoms with Crippen molar-refractivity contribution in [1.29, 1.82) is 0 Å². The van der Waals surface area contributed by atoms with Crippen LogP contribution < -0.4 is 5.32 Å². The van der Waals surface area contributed by atoms with Gasteiger partial charge in [-0.15, -0.1) is 0 Å². The van der Waals surface area contributed by atoms with Gasteiger partial charge in [0.05, 0.1) is 6.61 Å². The van der Waals surface area contributed by atoms with Gasteiger partial charge < -0.3 is 15.2 Å². The van der Waals surface area contributed by atoms with Crippen molar-refractivity contribution in [3.05, 3.63) is 0 Å². The van der Waals surface area contributed by atoms with E-state index in [4.69, 9.17) is 9.84 Å². The highest BCUT2D eigenvalue weighted by atomic mass is 16.5. The Morgan fingerprint density at radius 1 is 1.73 bits per heavy atom. The summed E-state index contributed by atoms with van der Waals surface area (Å²) in [6, 6.07) is 0. The second-order valence-electron chi connectivity index (χ2n) is 2.52. The van der Waals surface area contributed by atoms with Gasteiger partial charge in [0.15, 0.2) is 0 Å². The first-order valence-corrected chi connectivity index (χ1v) is 3.85. The average Bonchev–Trinajstić information content (AvgIpc) is 2.52. The van der Waals surface area contributed by atoms with Crippen LogP contribution in [0.1, 0.15) is 12.8 Å². The predicted molar refractivity (Wildman–Crippen MR) is 39.1 cm³/mol. The lowest BCUT2D eigenvalue weighted by Gasteiger charge is -2.08. The summed E-state index contributed by atoms with van der Waals surface area (Å²) in [6.45, 7) is 0.981. The van der Waals surface area contributed by atoms with E-state index in [9.17, 15) is 4.79 Å². The quantitative estimate of drug-likeness (QED) is 0.571. The van der Waals surface area contributed by atoms with Gasteiger partial charge in [-0.1, -0.05) is 0 Å². The lowest BCUT2D eigenvalue weighted by atomic mass is 10.2. The smallest absolute Gasteiger partial charge is 0.249 e. The van der Waals surface area contributed by atoms with Crippen molar-refractivity contribution in [2.24, 2.45) is 0 Å². The normalized spacial score (nSPS) is 23.5. The number of amides is 1. The third kappa shape index (κ3) is 2.48. The number of rotatable bonds is 3. The lowest BCUT2D eigenvalue weighted by Crippen LogP contribution is -2.35. The first-order valence-electron chi connectivity index (χ1n) is 3.85. The lowest BCUT2D eigenvalue weighted by molar-refractivity contribution is -0.130. The molecule has 4 nitrogen and oxygen atoms in total. The predicted octanol–water partition coefficient (Wildman–Crippen LogP) is -0.726. The van der Waals surface area contributed by atoms with Crippen molar-refractivity contribution in [2.45, 2.75) is 18.9 Å². The molecule has 64 valence electrons. The topological polar surface area (TPSA) is 58.6 Å². The summed E-state index contributed by atoms with van der Waals surface area (Å²) in [5, 5.41) is 11.0. The van der Waals surface area contributed by atoms with Crippen LogP contribution in [0.3, 0.4) is 0 Å². The third-order valence-corrected chi connectivity index (χ3v) is 1.63. The molecule has 0 aliphatic carbocycles. The van der Waals surface area contributed by atoms with Crippen LogP contribution in [0.4, 0.5) is 0 Å². The molecule has 1 heterocycles. The minimum atomic E-state index is -0.276. The van der Waals surface area contributed by atoms with Gasteiger partial charge >= 0.3 is 0 Å². The number of aliphatic hydroxyl groups is 1. The number of ether oxygens (including phenoxy) is 1. The van der Waals surface area contributed by atoms with Gasteiger partial charge in [0.25, 0.3) is 0 Å². The zero-order valence-corrected chi connectivity index (χ0v) is 6.38. The fourth-order valence-electron chi connectivity index (χ4n) is 1.08. The molecule has 0 aromatic heterocycles. The summed E-state index contributed by atoms with van der Waals surface area (Å²) in [4.78, 5) is 11.1. The Labute approximate surface area is 65.5 Å². The molecular weight excluding hydrogens is 146 g/mol. The third-order valence-electron chi connectivity index (χ3n) is 1.63. The summed E-state index contributed by atoms with van der Waals surface area (Å²) in [5.74, 6) is -0.100. The molecule has 2 N–H and O–H groups in total. The van der Waals surface area contributed by atoms with Crippen LogP contribution in [0.15, 0.2) is 0 Å². The van der Waals surface area contributed by atoms with Crippen LogP contribution in [0, 0.1) is 0 Å². The molecular formula is C7H13NO3. The molecule has 4 heteroatoms. The van der Waals surface area contributed by atoms with E-state index in [2.05, 4.69) is 5.32 Å². The Kier molecular flexibility index (Phi) is 3.32. The molecule has 1 unspecified atom stereocenters. The molecule has 0 spiro atoms. The highest BCUT2D eigenvalue weighted by Crippen LogP contribution is 2.11. The summed E-state index contributed by atoms with van der Waals surface area (Å²) < 4.78 is 5.12. The largest absolute Gasteiger partial charge is 0.395 e. The fraction of sp³-hybridized carbons (Fsp3) is 0.857. The van der Waals surface area contributed by atoms with E-state index in [1.165, 1.54) is 0 Å². The number of nitrogens with one attached hydrogen (secondary N) is 1. The standard InChI is InChI=1S/C7H13NO3/c9-4-3-8-7(10)6-2-1-5-11-6/h6,9H,1-5H2,(H,8,10). The Bertz CT molecular complexity index is 132. The molecule has 1 rings (SSSR count). The number of carbonyl (C=O) groups excluding carboxylic acids is 1. The zero-order chi connectivity index (χ0) is 8.10. The monoisotopic (exact) mass is 159 g/mol. The summed E-state index contributed by atoms with van der Waals surface area (Å²) in [5.41, 5.74) is 0. The minimum absolute atomic E-state index is 0.0154. The van der Waals surface area contributed by atoms with Gasteiger partial charge in [-0.25, -0.2) is 0 Å². The SMILES string of the molecule is O=C(NCCO)C1CCCO1. The second-order valence-corrected chi connectivity index (χ2v) is 2.52. The molecule has 1 aliphatic heterocycles. The van der Waals surface area contributed by atoms with Crippen molar-refractivity contribution in [2.75, 3.05) is 19.8 Å². The molecule has 0 saturated carbocycles. The molecule has 1 amide bonds. The van der Waals surface area contributed by atoms with E-state index < -0.39 is 0 Å². The highest BCUT2D eigenvalue weighted by molar-refractivity contribution is 5.80. The average molecular weight is 159 g/mol. The van der Waals surface area contributed by atoms with E-state index in [0.717, 1.165) is 12.8 Å². The van der Waals surface area contributed by atoms with E-state index in [1.54, 1.807) is 0 Å². The number of carbonyl (C=O) groups is 1. The van der Waals surface area contributed by atoms with Crippen LogP contribution in [0.5, 0.6) is 0 Å². The van der Waals surface area contributed by atoms with Crippen molar-refractivity contribution < 1.29 is 14.6 Å². The van der Waals surface area contributed by atoms with Gasteiger partial charge in [0.1, 0.15) is 6.10 Å². The summed E-state index contributed by atoms with van der Waals surface area (Å²) >= 11 is 0. The number of hydrogen-bond acceptors (Lipinski definition) is 3. The number of aliphatic hydroxyl groups excluding tert-OH is 1. The Morgan fingerprint density at radius 2 is 2.55 bits per heavy atom. The van der Waals surface area contributed by atoms with Crippen LogP contribution in [-0.4, -0.2) is 36.9 Å².